The predicted octanol–water partition coefficient (Wildman–Crippen LogP) is 8.05. The van der Waals surface area contributed by atoms with E-state index in [-0.39, 0.29) is 11.9 Å². The summed E-state index contributed by atoms with van der Waals surface area (Å²) in [7, 11) is -3.24. The van der Waals surface area contributed by atoms with Crippen molar-refractivity contribution in [3.8, 4) is 11.5 Å². The Morgan fingerprint density at radius 1 is 0.674 bits per heavy atom. The zero-order chi connectivity index (χ0) is 31.0. The number of hydrogen-bond acceptors (Lipinski definition) is 7. The van der Waals surface area contributed by atoms with E-state index in [0.717, 1.165) is 71.4 Å². The van der Waals surface area contributed by atoms with E-state index in [1.54, 1.807) is 12.1 Å². The van der Waals surface area contributed by atoms with Gasteiger partial charge in [-0.2, -0.15) is 8.42 Å². The van der Waals surface area contributed by atoms with Gasteiger partial charge in [0.2, 0.25) is 0 Å². The molecule has 4 aromatic carbocycles. The number of rotatable bonds is 4. The minimum atomic E-state index is -3.24. The number of ether oxygens (including phenoxy) is 1. The molecule has 2 aliphatic rings. The molecule has 6 rings (SSSR count). The van der Waals surface area contributed by atoms with E-state index in [9.17, 15) is 13.5 Å². The normalized spacial score (nSPS) is 22.1. The van der Waals surface area contributed by atoms with Gasteiger partial charge in [-0.05, 0) is 110 Å². The second-order valence-electron chi connectivity index (χ2n) is 12.2. The number of nitrogens with two attached hydrogens (primary N) is 2. The zero-order valence-corrected chi connectivity index (χ0v) is 26.4. The Morgan fingerprint density at radius 3 is 1.70 bits per heavy atom. The first kappa shape index (κ1) is 32.4. The van der Waals surface area contributed by atoms with Crippen LogP contribution in [0, 0.1) is 11.8 Å². The summed E-state index contributed by atoms with van der Waals surface area (Å²) in [5.74, 6) is 2.78. The fourth-order valence-electron chi connectivity index (χ4n) is 5.75. The van der Waals surface area contributed by atoms with E-state index < -0.39 is 10.1 Å². The van der Waals surface area contributed by atoms with Gasteiger partial charge in [-0.3, -0.25) is 4.18 Å². The van der Waals surface area contributed by atoms with Crippen LogP contribution >= 0.6 is 0 Å². The van der Waals surface area contributed by atoms with Crippen molar-refractivity contribution in [3.05, 3.63) is 72.8 Å². The third-order valence-corrected chi connectivity index (χ3v) is 8.95. The van der Waals surface area contributed by atoms with Gasteiger partial charge >= 0.3 is 0 Å². The molecule has 0 aliphatic heterocycles. The van der Waals surface area contributed by atoms with Gasteiger partial charge in [0.05, 0.1) is 18.5 Å². The van der Waals surface area contributed by atoms with Gasteiger partial charge in [0, 0.05) is 22.1 Å². The molecule has 2 fully saturated rings. The lowest BCUT2D eigenvalue weighted by molar-refractivity contribution is 0.135. The van der Waals surface area contributed by atoms with E-state index in [1.165, 1.54) is 31.1 Å². The molecule has 0 amide bonds. The van der Waals surface area contributed by atoms with Gasteiger partial charge in [-0.25, -0.2) is 0 Å². The minimum absolute atomic E-state index is 0.0591. The summed E-state index contributed by atoms with van der Waals surface area (Å²) in [4.78, 5) is 0. The summed E-state index contributed by atoms with van der Waals surface area (Å²) in [6.07, 6.45) is 10.3. The second kappa shape index (κ2) is 14.8. The van der Waals surface area contributed by atoms with E-state index in [2.05, 4.69) is 38.1 Å². The first-order valence-corrected chi connectivity index (χ1v) is 17.1. The highest BCUT2D eigenvalue weighted by Gasteiger charge is 2.22. The van der Waals surface area contributed by atoms with Crippen LogP contribution in [0.15, 0.2) is 72.8 Å². The summed E-state index contributed by atoms with van der Waals surface area (Å²) in [6.45, 7) is 4.52. The van der Waals surface area contributed by atoms with Gasteiger partial charge in [0.25, 0.3) is 10.1 Å². The first-order valence-electron chi connectivity index (χ1n) is 15.3. The van der Waals surface area contributed by atoms with Crippen molar-refractivity contribution in [3.63, 3.8) is 0 Å². The maximum atomic E-state index is 10.8. The fourth-order valence-corrected chi connectivity index (χ4v) is 6.43. The van der Waals surface area contributed by atoms with Gasteiger partial charge in [-0.15, -0.1) is 0 Å². The molecule has 2 aliphatic carbocycles. The lowest BCUT2D eigenvalue weighted by Crippen LogP contribution is -2.23. The molecule has 43 heavy (non-hydrogen) atoms. The molecule has 232 valence electrons. The number of hydrogen-bond donors (Lipinski definition) is 3. The Hall–Kier alpha value is -3.49. The van der Waals surface area contributed by atoms with Crippen LogP contribution in [0.3, 0.4) is 0 Å². The Morgan fingerprint density at radius 2 is 1.16 bits per heavy atom. The van der Waals surface area contributed by atoms with E-state index >= 15 is 0 Å². The van der Waals surface area contributed by atoms with Gasteiger partial charge in [0.15, 0.2) is 0 Å². The van der Waals surface area contributed by atoms with Crippen molar-refractivity contribution < 1.29 is 22.4 Å². The predicted molar refractivity (Wildman–Crippen MR) is 178 cm³/mol. The molecule has 7 nitrogen and oxygen atoms in total. The van der Waals surface area contributed by atoms with Crippen LogP contribution in [0.2, 0.25) is 0 Å². The highest BCUT2D eigenvalue weighted by atomic mass is 32.2. The Kier molecular flexibility index (Phi) is 11.2. The SMILES string of the molecule is CC1CCC(OS(C)(=O)=O)CC1.CC1CCC(Oc2ccc3cccc(N)c3c2)CC1.Nc1cccc2ccc(O)cc12. The van der Waals surface area contributed by atoms with Crippen LogP contribution in [-0.2, 0) is 14.3 Å². The van der Waals surface area contributed by atoms with Crippen molar-refractivity contribution in [1.82, 2.24) is 0 Å². The molecule has 0 spiro atoms. The molecule has 0 bridgehead atoms. The second-order valence-corrected chi connectivity index (χ2v) is 13.8. The van der Waals surface area contributed by atoms with Crippen molar-refractivity contribution >= 4 is 43.0 Å². The molecule has 0 aromatic heterocycles. The number of fused-ring (bicyclic) bond motifs is 2. The Balaban J connectivity index is 0.000000155. The van der Waals surface area contributed by atoms with Crippen LogP contribution in [0.1, 0.15) is 65.2 Å². The summed E-state index contributed by atoms with van der Waals surface area (Å²) in [5, 5.41) is 13.4. The van der Waals surface area contributed by atoms with Crippen LogP contribution in [0.4, 0.5) is 11.4 Å². The zero-order valence-electron chi connectivity index (χ0n) is 25.5. The number of phenols is 1. The molecule has 0 unspecified atom stereocenters. The topological polar surface area (TPSA) is 125 Å². The van der Waals surface area contributed by atoms with Crippen LogP contribution in [-0.4, -0.2) is 32.0 Å². The third-order valence-electron chi connectivity index (χ3n) is 8.33. The standard InChI is InChI=1S/C17H21NO.C10H9NO.C8H16O3S/c1-12-5-8-14(9-6-12)19-15-10-7-13-3-2-4-17(18)16(13)11-15;11-10-3-1-2-7-4-5-8(12)6-9(7)10;1-7-3-5-8(6-4-7)11-12(2,9)10/h2-4,7,10-12,14H,5-6,8-9,18H2,1H3;1-6,12H,11H2;7-8H,3-6H2,1-2H3. The number of nitrogen functional groups attached to an aromatic ring is 2. The summed E-state index contributed by atoms with van der Waals surface area (Å²) in [5.41, 5.74) is 13.3. The lowest BCUT2D eigenvalue weighted by Gasteiger charge is -2.27. The molecule has 0 radical (unpaired) electrons. The summed E-state index contributed by atoms with van der Waals surface area (Å²) < 4.78 is 32.5. The van der Waals surface area contributed by atoms with Crippen molar-refractivity contribution in [1.29, 1.82) is 0 Å². The van der Waals surface area contributed by atoms with E-state index in [1.807, 2.05) is 36.4 Å². The van der Waals surface area contributed by atoms with Gasteiger partial charge < -0.3 is 21.3 Å². The summed E-state index contributed by atoms with van der Waals surface area (Å²) >= 11 is 0. The molecular formula is C35H46N2O5S. The number of aromatic hydroxyl groups is 1. The Labute approximate surface area is 256 Å². The highest BCUT2D eigenvalue weighted by Crippen LogP contribution is 2.31. The highest BCUT2D eigenvalue weighted by molar-refractivity contribution is 7.86. The fraction of sp³-hybridized carbons (Fsp3) is 0.429. The maximum Gasteiger partial charge on any atom is 0.264 e. The number of benzene rings is 4. The summed E-state index contributed by atoms with van der Waals surface area (Å²) in [6, 6.07) is 23.1. The molecule has 8 heteroatoms. The molecular weight excluding hydrogens is 560 g/mol. The molecule has 0 saturated heterocycles. The van der Waals surface area contributed by atoms with Crippen LogP contribution in [0.25, 0.3) is 21.5 Å². The third kappa shape index (κ3) is 10.0. The molecule has 2 saturated carbocycles. The van der Waals surface area contributed by atoms with Gasteiger partial charge in [0.1, 0.15) is 11.5 Å². The molecule has 5 N–H and O–H groups in total. The van der Waals surface area contributed by atoms with Crippen LogP contribution < -0.4 is 16.2 Å². The van der Waals surface area contributed by atoms with E-state index in [0.29, 0.717) is 11.8 Å². The number of anilines is 2. The molecule has 0 atom stereocenters. The maximum absolute atomic E-state index is 10.8. The van der Waals surface area contributed by atoms with Crippen molar-refractivity contribution in [2.24, 2.45) is 11.8 Å². The average molecular weight is 607 g/mol. The Bertz CT molecular complexity index is 1590. The van der Waals surface area contributed by atoms with Crippen molar-refractivity contribution in [2.45, 2.75) is 77.4 Å². The first-order chi connectivity index (χ1) is 20.5. The largest absolute Gasteiger partial charge is 0.508 e. The van der Waals surface area contributed by atoms with E-state index in [4.69, 9.17) is 20.4 Å². The molecule has 4 aromatic rings. The van der Waals surface area contributed by atoms with Crippen LogP contribution in [0.5, 0.6) is 11.5 Å². The minimum Gasteiger partial charge on any atom is -0.508 e. The van der Waals surface area contributed by atoms with Gasteiger partial charge in [-0.1, -0.05) is 50.2 Å². The lowest BCUT2D eigenvalue weighted by atomic mass is 9.89. The van der Waals surface area contributed by atoms with Crippen molar-refractivity contribution in [2.75, 3.05) is 17.7 Å². The monoisotopic (exact) mass is 606 g/mol. The number of phenolic OH excluding ortho intramolecular Hbond substituents is 1. The quantitative estimate of drug-likeness (QED) is 0.159. The molecule has 0 heterocycles. The average Bonchev–Trinajstić information content (AvgIpc) is 2.97. The smallest absolute Gasteiger partial charge is 0.264 e.